The largest absolute Gasteiger partial charge is 0.404 e. The van der Waals surface area contributed by atoms with Crippen LogP contribution in [0.5, 0.6) is 0 Å². The van der Waals surface area contributed by atoms with E-state index < -0.39 is 8.32 Å². The number of thiocarbonyl (C=S) groups is 1. The van der Waals surface area contributed by atoms with Crippen molar-refractivity contribution in [3.63, 3.8) is 0 Å². The highest BCUT2D eigenvalue weighted by molar-refractivity contribution is 7.80. The maximum absolute atomic E-state index is 7.62. The van der Waals surface area contributed by atoms with Crippen LogP contribution in [0.4, 0.5) is 0 Å². The molecule has 232 valence electrons. The molecule has 0 spiro atoms. The first-order valence-corrected chi connectivity index (χ1v) is 18.8. The SMILES string of the molecule is C=CCN(CC=C)C(=S)C[C@H](CCCCCCCCCCC(C)C)O[Si](c1ccccc1)(c1ccccc1)C(C)(C)C. The third kappa shape index (κ3) is 11.6. The van der Waals surface area contributed by atoms with E-state index in [1.54, 1.807) is 0 Å². The minimum Gasteiger partial charge on any atom is -0.404 e. The first-order valence-electron chi connectivity index (χ1n) is 16.4. The van der Waals surface area contributed by atoms with Gasteiger partial charge in [0.2, 0.25) is 0 Å². The second kappa shape index (κ2) is 19.3. The van der Waals surface area contributed by atoms with Crippen LogP contribution < -0.4 is 10.4 Å². The Labute approximate surface area is 265 Å². The van der Waals surface area contributed by atoms with Crippen LogP contribution in [0.2, 0.25) is 5.04 Å². The molecule has 0 amide bonds. The van der Waals surface area contributed by atoms with Gasteiger partial charge >= 0.3 is 0 Å². The standard InChI is InChI=1S/C38H59NOSSi/c1-8-30-39(31-9-2)37(41)32-34(25-19-15-13-11-10-12-14-18-24-33(3)4)40-42(38(5,6)7,35-26-20-16-21-27-35)36-28-22-17-23-29-36/h8-9,16-17,20-23,26-29,33-34H,1-2,10-15,18-19,24-25,30-32H2,3-7H3/t34-/m0/s1. The van der Waals surface area contributed by atoms with Gasteiger partial charge in [-0.3, -0.25) is 0 Å². The maximum atomic E-state index is 7.62. The van der Waals surface area contributed by atoms with Crippen molar-refractivity contribution in [2.24, 2.45) is 5.92 Å². The predicted molar refractivity (Wildman–Crippen MR) is 193 cm³/mol. The number of benzene rings is 2. The summed E-state index contributed by atoms with van der Waals surface area (Å²) in [6.07, 6.45) is 17.6. The molecule has 0 heterocycles. The van der Waals surface area contributed by atoms with Crippen LogP contribution in [0.1, 0.15) is 105 Å². The average molecular weight is 606 g/mol. The Morgan fingerprint density at radius 1 is 0.762 bits per heavy atom. The predicted octanol–water partition coefficient (Wildman–Crippen LogP) is 9.88. The summed E-state index contributed by atoms with van der Waals surface area (Å²) in [6.45, 7) is 21.1. The van der Waals surface area contributed by atoms with Crippen molar-refractivity contribution in [1.82, 2.24) is 4.90 Å². The summed E-state index contributed by atoms with van der Waals surface area (Å²) < 4.78 is 7.62. The van der Waals surface area contributed by atoms with Crippen LogP contribution >= 0.6 is 12.2 Å². The van der Waals surface area contributed by atoms with E-state index in [4.69, 9.17) is 16.6 Å². The van der Waals surface area contributed by atoms with E-state index in [0.29, 0.717) is 0 Å². The molecule has 0 bridgehead atoms. The number of nitrogens with zero attached hydrogens (tertiary/aromatic N) is 1. The lowest BCUT2D eigenvalue weighted by atomic mass is 10.0. The van der Waals surface area contributed by atoms with Crippen molar-refractivity contribution in [2.75, 3.05) is 13.1 Å². The smallest absolute Gasteiger partial charge is 0.261 e. The van der Waals surface area contributed by atoms with Gasteiger partial charge in [-0.15, -0.1) is 13.2 Å². The van der Waals surface area contributed by atoms with Gasteiger partial charge in [0.1, 0.15) is 0 Å². The van der Waals surface area contributed by atoms with Gasteiger partial charge in [-0.1, -0.05) is 177 Å². The van der Waals surface area contributed by atoms with E-state index >= 15 is 0 Å². The zero-order chi connectivity index (χ0) is 30.8. The molecule has 2 aromatic carbocycles. The molecule has 0 aliphatic carbocycles. The molecule has 2 rings (SSSR count). The molecule has 2 aromatic rings. The van der Waals surface area contributed by atoms with E-state index in [-0.39, 0.29) is 11.1 Å². The van der Waals surface area contributed by atoms with Crippen molar-refractivity contribution in [3.05, 3.63) is 86.0 Å². The summed E-state index contributed by atoms with van der Waals surface area (Å²) in [6, 6.07) is 22.0. The van der Waals surface area contributed by atoms with Crippen LogP contribution in [0.25, 0.3) is 0 Å². The molecule has 0 N–H and O–H groups in total. The first kappa shape index (κ1) is 36.2. The summed E-state index contributed by atoms with van der Waals surface area (Å²) >= 11 is 6.05. The molecule has 0 radical (unpaired) electrons. The third-order valence-corrected chi connectivity index (χ3v) is 13.8. The summed E-state index contributed by atoms with van der Waals surface area (Å²) in [5.41, 5.74) is 0. The van der Waals surface area contributed by atoms with Gasteiger partial charge in [-0.05, 0) is 27.8 Å². The lowest BCUT2D eigenvalue weighted by molar-refractivity contribution is 0.178. The van der Waals surface area contributed by atoms with Gasteiger partial charge in [-0.25, -0.2) is 0 Å². The van der Waals surface area contributed by atoms with Gasteiger partial charge in [0.05, 0.1) is 11.1 Å². The van der Waals surface area contributed by atoms with Crippen LogP contribution in [0.3, 0.4) is 0 Å². The highest BCUT2D eigenvalue weighted by atomic mass is 32.1. The van der Waals surface area contributed by atoms with E-state index in [0.717, 1.165) is 36.8 Å². The minimum absolute atomic E-state index is 0.0527. The van der Waals surface area contributed by atoms with E-state index in [1.807, 2.05) is 12.2 Å². The number of unbranched alkanes of at least 4 members (excludes halogenated alkanes) is 7. The Hall–Kier alpha value is -2.01. The molecule has 0 aliphatic heterocycles. The minimum atomic E-state index is -2.67. The highest BCUT2D eigenvalue weighted by Crippen LogP contribution is 2.38. The van der Waals surface area contributed by atoms with E-state index in [1.165, 1.54) is 68.2 Å². The molecule has 2 nitrogen and oxygen atoms in total. The molecule has 0 aliphatic rings. The zero-order valence-corrected chi connectivity index (χ0v) is 29.3. The molecule has 42 heavy (non-hydrogen) atoms. The van der Waals surface area contributed by atoms with E-state index in [2.05, 4.69) is 113 Å². The van der Waals surface area contributed by atoms with E-state index in [9.17, 15) is 0 Å². The summed E-state index contributed by atoms with van der Waals surface area (Å²) in [5, 5.41) is 2.59. The number of hydrogen-bond acceptors (Lipinski definition) is 2. The molecule has 0 aromatic heterocycles. The van der Waals surface area contributed by atoms with Gasteiger partial charge in [-0.2, -0.15) is 0 Å². The van der Waals surface area contributed by atoms with Crippen LogP contribution in [0, 0.1) is 5.92 Å². The summed E-state index contributed by atoms with van der Waals surface area (Å²) in [7, 11) is -2.67. The molecule has 4 heteroatoms. The van der Waals surface area contributed by atoms with Crippen LogP contribution in [0.15, 0.2) is 86.0 Å². The molecular formula is C38H59NOSSi. The molecule has 0 unspecified atom stereocenters. The van der Waals surface area contributed by atoms with Crippen molar-refractivity contribution in [1.29, 1.82) is 0 Å². The fourth-order valence-corrected chi connectivity index (χ4v) is 11.1. The number of hydrogen-bond donors (Lipinski definition) is 0. The van der Waals surface area contributed by atoms with Crippen molar-refractivity contribution in [3.8, 4) is 0 Å². The monoisotopic (exact) mass is 605 g/mol. The Balaban J connectivity index is 2.24. The fourth-order valence-electron chi connectivity index (χ4n) is 6.04. The molecule has 0 fully saturated rings. The molecular weight excluding hydrogens is 547 g/mol. The summed E-state index contributed by atoms with van der Waals surface area (Å²) in [4.78, 5) is 3.15. The maximum Gasteiger partial charge on any atom is 0.261 e. The molecule has 0 saturated heterocycles. The van der Waals surface area contributed by atoms with Gasteiger partial charge < -0.3 is 9.33 Å². The van der Waals surface area contributed by atoms with Crippen molar-refractivity contribution in [2.45, 2.75) is 116 Å². The Morgan fingerprint density at radius 3 is 1.60 bits per heavy atom. The number of rotatable bonds is 21. The highest BCUT2D eigenvalue weighted by Gasteiger charge is 2.51. The zero-order valence-electron chi connectivity index (χ0n) is 27.5. The Morgan fingerprint density at radius 2 is 1.19 bits per heavy atom. The Bertz CT molecular complexity index is 981. The lowest BCUT2D eigenvalue weighted by Crippen LogP contribution is -2.67. The third-order valence-electron chi connectivity index (χ3n) is 8.27. The van der Waals surface area contributed by atoms with Crippen molar-refractivity contribution < 1.29 is 4.43 Å². The first-order chi connectivity index (χ1) is 20.2. The molecule has 1 atom stereocenters. The van der Waals surface area contributed by atoms with Crippen molar-refractivity contribution >= 4 is 35.9 Å². The topological polar surface area (TPSA) is 12.5 Å². The van der Waals surface area contributed by atoms with Crippen LogP contribution in [-0.2, 0) is 4.43 Å². The summed E-state index contributed by atoms with van der Waals surface area (Å²) in [5.74, 6) is 0.831. The molecule has 0 saturated carbocycles. The van der Waals surface area contributed by atoms with Gasteiger partial charge in [0, 0.05) is 19.5 Å². The lowest BCUT2D eigenvalue weighted by Gasteiger charge is -2.45. The quantitative estimate of drug-likeness (QED) is 0.0608. The normalized spacial score (nSPS) is 12.7. The van der Waals surface area contributed by atoms with Gasteiger partial charge in [0.25, 0.3) is 8.32 Å². The average Bonchev–Trinajstić information content (AvgIpc) is 2.96. The second-order valence-corrected chi connectivity index (χ2v) is 18.0. The fraction of sp³-hybridized carbons (Fsp3) is 0.553. The Kier molecular flexibility index (Phi) is 16.6. The van der Waals surface area contributed by atoms with Crippen LogP contribution in [-0.4, -0.2) is 37.4 Å². The van der Waals surface area contributed by atoms with Gasteiger partial charge in [0.15, 0.2) is 0 Å². The second-order valence-electron chi connectivity index (χ2n) is 13.3.